The molecule has 0 aromatic heterocycles. The van der Waals surface area contributed by atoms with Gasteiger partial charge in [-0.05, 0) is 42.2 Å². The summed E-state index contributed by atoms with van der Waals surface area (Å²) in [6.45, 7) is 6.25. The van der Waals surface area contributed by atoms with Crippen molar-refractivity contribution in [1.29, 1.82) is 0 Å². The maximum absolute atomic E-state index is 11.9. The highest BCUT2D eigenvalue weighted by Crippen LogP contribution is 2.18. The lowest BCUT2D eigenvalue weighted by molar-refractivity contribution is -0.118. The highest BCUT2D eigenvalue weighted by atomic mass is 16.5. The van der Waals surface area contributed by atoms with Crippen LogP contribution in [0.3, 0.4) is 0 Å². The second kappa shape index (κ2) is 6.93. The van der Waals surface area contributed by atoms with Crippen molar-refractivity contribution in [2.75, 3.05) is 11.9 Å². The minimum absolute atomic E-state index is 0.0107. The lowest BCUT2D eigenvalue weighted by Crippen LogP contribution is -2.20. The number of nitrogens with one attached hydrogen (secondary N) is 1. The van der Waals surface area contributed by atoms with Crippen LogP contribution in [0.25, 0.3) is 0 Å². The number of ether oxygens (including phenoxy) is 1. The Bertz CT molecular complexity index is 603. The summed E-state index contributed by atoms with van der Waals surface area (Å²) in [6.07, 6.45) is 0. The number of anilines is 1. The number of carbonyl (C=O) groups is 1. The van der Waals surface area contributed by atoms with Gasteiger partial charge < -0.3 is 10.1 Å². The van der Waals surface area contributed by atoms with E-state index in [1.807, 2.05) is 55.5 Å². The van der Waals surface area contributed by atoms with Crippen molar-refractivity contribution in [3.63, 3.8) is 0 Å². The van der Waals surface area contributed by atoms with Crippen LogP contribution in [0.2, 0.25) is 0 Å². The lowest BCUT2D eigenvalue weighted by Gasteiger charge is -2.10. The zero-order valence-corrected chi connectivity index (χ0v) is 12.7. The molecule has 0 aliphatic rings. The van der Waals surface area contributed by atoms with E-state index >= 15 is 0 Å². The first kappa shape index (κ1) is 15.1. The fourth-order valence-electron chi connectivity index (χ4n) is 2.01. The van der Waals surface area contributed by atoms with Gasteiger partial charge >= 0.3 is 0 Å². The first-order valence-electron chi connectivity index (χ1n) is 7.14. The molecule has 0 spiro atoms. The van der Waals surface area contributed by atoms with E-state index in [0.717, 1.165) is 17.0 Å². The number of aryl methyl sites for hydroxylation is 1. The maximum Gasteiger partial charge on any atom is 0.262 e. The predicted octanol–water partition coefficient (Wildman–Crippen LogP) is 4.14. The van der Waals surface area contributed by atoms with Crippen LogP contribution in [-0.4, -0.2) is 12.5 Å². The van der Waals surface area contributed by atoms with Gasteiger partial charge in [0, 0.05) is 5.69 Å². The average molecular weight is 283 g/mol. The molecule has 0 bridgehead atoms. The van der Waals surface area contributed by atoms with Gasteiger partial charge in [-0.25, -0.2) is 0 Å². The molecule has 0 fully saturated rings. The summed E-state index contributed by atoms with van der Waals surface area (Å²) in [6, 6.07) is 15.5. The number of benzene rings is 2. The molecule has 3 heteroatoms. The van der Waals surface area contributed by atoms with Gasteiger partial charge in [0.15, 0.2) is 6.61 Å². The molecule has 2 rings (SSSR count). The van der Waals surface area contributed by atoms with Crippen molar-refractivity contribution >= 4 is 11.6 Å². The van der Waals surface area contributed by atoms with Crippen LogP contribution in [0.1, 0.15) is 30.9 Å². The van der Waals surface area contributed by atoms with Gasteiger partial charge in [0.25, 0.3) is 5.91 Å². The van der Waals surface area contributed by atoms with Crippen LogP contribution in [0, 0.1) is 6.92 Å². The van der Waals surface area contributed by atoms with Crippen LogP contribution in [0.5, 0.6) is 5.75 Å². The van der Waals surface area contributed by atoms with E-state index in [1.54, 1.807) is 0 Å². The highest BCUT2D eigenvalue weighted by molar-refractivity contribution is 5.91. The van der Waals surface area contributed by atoms with Crippen molar-refractivity contribution in [2.45, 2.75) is 26.7 Å². The molecule has 2 aromatic carbocycles. The molecule has 0 saturated carbocycles. The number of para-hydroxylation sites is 1. The first-order chi connectivity index (χ1) is 10.1. The molecular formula is C18H21NO2. The van der Waals surface area contributed by atoms with E-state index in [2.05, 4.69) is 19.2 Å². The number of carbonyl (C=O) groups excluding carboxylic acids is 1. The normalized spacial score (nSPS) is 10.5. The number of hydrogen-bond donors (Lipinski definition) is 1. The molecule has 0 aliphatic heterocycles. The van der Waals surface area contributed by atoms with Crippen LogP contribution in [0.4, 0.5) is 5.69 Å². The minimum atomic E-state index is -0.157. The summed E-state index contributed by atoms with van der Waals surface area (Å²) in [7, 11) is 0. The average Bonchev–Trinajstić information content (AvgIpc) is 2.47. The quantitative estimate of drug-likeness (QED) is 0.895. The largest absolute Gasteiger partial charge is 0.483 e. The van der Waals surface area contributed by atoms with E-state index in [0.29, 0.717) is 5.92 Å². The zero-order valence-electron chi connectivity index (χ0n) is 12.7. The smallest absolute Gasteiger partial charge is 0.262 e. The van der Waals surface area contributed by atoms with Crippen LogP contribution < -0.4 is 10.1 Å². The first-order valence-corrected chi connectivity index (χ1v) is 7.14. The minimum Gasteiger partial charge on any atom is -0.483 e. The van der Waals surface area contributed by atoms with Gasteiger partial charge in [-0.3, -0.25) is 4.79 Å². The highest BCUT2D eigenvalue weighted by Gasteiger charge is 2.05. The molecule has 3 nitrogen and oxygen atoms in total. The SMILES string of the molecule is Cc1ccccc1OCC(=O)Nc1ccc(C(C)C)cc1. The van der Waals surface area contributed by atoms with E-state index in [1.165, 1.54) is 5.56 Å². The lowest BCUT2D eigenvalue weighted by atomic mass is 10.0. The van der Waals surface area contributed by atoms with Crippen molar-refractivity contribution < 1.29 is 9.53 Å². The molecular weight excluding hydrogens is 262 g/mol. The summed E-state index contributed by atoms with van der Waals surface area (Å²) >= 11 is 0. The molecule has 110 valence electrons. The van der Waals surface area contributed by atoms with Gasteiger partial charge in [-0.15, -0.1) is 0 Å². The van der Waals surface area contributed by atoms with E-state index in [4.69, 9.17) is 4.74 Å². The van der Waals surface area contributed by atoms with E-state index in [-0.39, 0.29) is 12.5 Å². The van der Waals surface area contributed by atoms with Crippen LogP contribution in [0.15, 0.2) is 48.5 Å². The molecule has 0 aliphatic carbocycles. The zero-order chi connectivity index (χ0) is 15.2. The van der Waals surface area contributed by atoms with Crippen molar-refractivity contribution in [3.05, 3.63) is 59.7 Å². The standard InChI is InChI=1S/C18H21NO2/c1-13(2)15-8-10-16(11-9-15)19-18(20)12-21-17-7-5-4-6-14(17)3/h4-11,13H,12H2,1-3H3,(H,19,20). The molecule has 21 heavy (non-hydrogen) atoms. The van der Waals surface area contributed by atoms with Gasteiger partial charge in [-0.1, -0.05) is 44.2 Å². The fraction of sp³-hybridized carbons (Fsp3) is 0.278. The topological polar surface area (TPSA) is 38.3 Å². The summed E-state index contributed by atoms with van der Waals surface area (Å²) in [4.78, 5) is 11.9. The Hall–Kier alpha value is -2.29. The van der Waals surface area contributed by atoms with E-state index in [9.17, 15) is 4.79 Å². The van der Waals surface area contributed by atoms with Gasteiger partial charge in [0.1, 0.15) is 5.75 Å². The Balaban J connectivity index is 1.88. The van der Waals surface area contributed by atoms with E-state index < -0.39 is 0 Å². The van der Waals surface area contributed by atoms with Crippen molar-refractivity contribution in [3.8, 4) is 5.75 Å². The second-order valence-electron chi connectivity index (χ2n) is 5.38. The second-order valence-corrected chi connectivity index (χ2v) is 5.38. The Morgan fingerprint density at radius 3 is 2.38 bits per heavy atom. The maximum atomic E-state index is 11.9. The number of amides is 1. The van der Waals surface area contributed by atoms with Crippen LogP contribution >= 0.6 is 0 Å². The van der Waals surface area contributed by atoms with Gasteiger partial charge in [0.05, 0.1) is 0 Å². The summed E-state index contributed by atoms with van der Waals surface area (Å²) in [5.74, 6) is 1.07. The van der Waals surface area contributed by atoms with Crippen LogP contribution in [-0.2, 0) is 4.79 Å². The molecule has 0 heterocycles. The Labute approximate surface area is 126 Å². The third-order valence-electron chi connectivity index (χ3n) is 3.31. The van der Waals surface area contributed by atoms with Crippen molar-refractivity contribution in [2.24, 2.45) is 0 Å². The summed E-state index contributed by atoms with van der Waals surface area (Å²) in [5, 5.41) is 2.83. The molecule has 0 unspecified atom stereocenters. The molecule has 1 N–H and O–H groups in total. The third-order valence-corrected chi connectivity index (χ3v) is 3.31. The molecule has 0 saturated heterocycles. The fourth-order valence-corrected chi connectivity index (χ4v) is 2.01. The van der Waals surface area contributed by atoms with Gasteiger partial charge in [0.2, 0.25) is 0 Å². The molecule has 1 amide bonds. The summed E-state index contributed by atoms with van der Waals surface area (Å²) in [5.41, 5.74) is 3.06. The summed E-state index contributed by atoms with van der Waals surface area (Å²) < 4.78 is 5.52. The molecule has 0 radical (unpaired) electrons. The third kappa shape index (κ3) is 4.35. The number of hydrogen-bond acceptors (Lipinski definition) is 2. The molecule has 2 aromatic rings. The van der Waals surface area contributed by atoms with Gasteiger partial charge in [-0.2, -0.15) is 0 Å². The Morgan fingerprint density at radius 2 is 1.76 bits per heavy atom. The monoisotopic (exact) mass is 283 g/mol. The Kier molecular flexibility index (Phi) is 4.99. The van der Waals surface area contributed by atoms with Crippen molar-refractivity contribution in [1.82, 2.24) is 0 Å². The number of rotatable bonds is 5. The molecule has 0 atom stereocenters. The predicted molar refractivity (Wildman–Crippen MR) is 85.8 cm³/mol. The Morgan fingerprint density at radius 1 is 1.10 bits per heavy atom.